The number of rotatable bonds is 6. The van der Waals surface area contributed by atoms with Gasteiger partial charge in [0.15, 0.2) is 16.8 Å². The van der Waals surface area contributed by atoms with Crippen molar-refractivity contribution in [1.82, 2.24) is 0 Å². The average Bonchev–Trinajstić information content (AvgIpc) is 2.84. The highest BCUT2D eigenvalue weighted by atomic mass is 32.2. The lowest BCUT2D eigenvalue weighted by Gasteiger charge is -2.27. The Labute approximate surface area is 191 Å². The maximum absolute atomic E-state index is 12.6. The van der Waals surface area contributed by atoms with E-state index in [4.69, 9.17) is 4.99 Å². The largest absolute Gasteiger partial charge is 0.325 e. The zero-order chi connectivity index (χ0) is 22.3. The van der Waals surface area contributed by atoms with Gasteiger partial charge in [-0.25, -0.2) is 9.98 Å². The molecule has 0 spiro atoms. The molecule has 0 aliphatic carbocycles. The molecule has 0 atom stereocenters. The van der Waals surface area contributed by atoms with Crippen molar-refractivity contribution in [1.29, 1.82) is 0 Å². The van der Waals surface area contributed by atoms with Gasteiger partial charge in [0, 0.05) is 22.5 Å². The number of thioether (sulfide) groups is 1. The standard InChI is InChI=1S/C25H22N4O2S/c1-18(30)19-12-14-21(15-13-19)27-23(31)16-32-25-28-24(20-8-4-2-5-9-20)26-17-29(25)22-10-6-3-7-11-22/h2-15H,16-17H2,1H3,(H,27,31). The Morgan fingerprint density at radius 2 is 1.59 bits per heavy atom. The highest BCUT2D eigenvalue weighted by molar-refractivity contribution is 8.14. The van der Waals surface area contributed by atoms with Gasteiger partial charge in [-0.1, -0.05) is 60.3 Å². The Balaban J connectivity index is 1.48. The van der Waals surface area contributed by atoms with E-state index in [1.807, 2.05) is 65.6 Å². The molecule has 4 rings (SSSR count). The van der Waals surface area contributed by atoms with Crippen molar-refractivity contribution < 1.29 is 9.59 Å². The molecule has 1 aliphatic rings. The molecule has 0 fully saturated rings. The van der Waals surface area contributed by atoms with Crippen LogP contribution in [0, 0.1) is 0 Å². The monoisotopic (exact) mass is 442 g/mol. The van der Waals surface area contributed by atoms with Crippen LogP contribution in [-0.4, -0.2) is 35.1 Å². The number of amides is 1. The van der Waals surface area contributed by atoms with Crippen LogP contribution in [0.1, 0.15) is 22.8 Å². The zero-order valence-corrected chi connectivity index (χ0v) is 18.4. The molecule has 1 amide bonds. The van der Waals surface area contributed by atoms with Crippen molar-refractivity contribution in [3.8, 4) is 0 Å². The van der Waals surface area contributed by atoms with Crippen LogP contribution < -0.4 is 10.2 Å². The Bertz CT molecular complexity index is 1160. The smallest absolute Gasteiger partial charge is 0.234 e. The Hall–Kier alpha value is -3.71. The number of nitrogens with one attached hydrogen (secondary N) is 1. The lowest BCUT2D eigenvalue weighted by Crippen LogP contribution is -2.34. The van der Waals surface area contributed by atoms with Gasteiger partial charge in [-0.15, -0.1) is 0 Å². The van der Waals surface area contributed by atoms with E-state index in [0.29, 0.717) is 28.9 Å². The number of para-hydroxylation sites is 1. The molecular formula is C25H22N4O2S. The number of ketones is 1. The first-order chi connectivity index (χ1) is 15.6. The molecule has 3 aromatic carbocycles. The van der Waals surface area contributed by atoms with Gasteiger partial charge in [-0.05, 0) is 43.3 Å². The second kappa shape index (κ2) is 10.1. The molecular weight excluding hydrogens is 420 g/mol. The average molecular weight is 443 g/mol. The van der Waals surface area contributed by atoms with Crippen molar-refractivity contribution in [3.63, 3.8) is 0 Å². The molecule has 0 aromatic heterocycles. The quantitative estimate of drug-likeness (QED) is 0.554. The summed E-state index contributed by atoms with van der Waals surface area (Å²) in [5.41, 5.74) is 3.17. The van der Waals surface area contributed by atoms with Crippen molar-refractivity contribution in [2.75, 3.05) is 22.6 Å². The summed E-state index contributed by atoms with van der Waals surface area (Å²) >= 11 is 1.36. The van der Waals surface area contributed by atoms with Crippen LogP contribution in [0.15, 0.2) is 94.9 Å². The van der Waals surface area contributed by atoms with Crippen molar-refractivity contribution in [2.45, 2.75) is 6.92 Å². The van der Waals surface area contributed by atoms with E-state index in [0.717, 1.165) is 11.3 Å². The van der Waals surface area contributed by atoms with E-state index in [1.54, 1.807) is 24.3 Å². The number of hydrogen-bond acceptors (Lipinski definition) is 6. The molecule has 0 saturated heterocycles. The molecule has 7 heteroatoms. The van der Waals surface area contributed by atoms with Gasteiger partial charge in [0.25, 0.3) is 0 Å². The van der Waals surface area contributed by atoms with Crippen LogP contribution in [-0.2, 0) is 4.79 Å². The Kier molecular flexibility index (Phi) is 6.77. The molecule has 6 nitrogen and oxygen atoms in total. The molecule has 0 saturated carbocycles. The summed E-state index contributed by atoms with van der Waals surface area (Å²) in [4.78, 5) is 35.4. The topological polar surface area (TPSA) is 74.1 Å². The lowest BCUT2D eigenvalue weighted by molar-refractivity contribution is -0.113. The van der Waals surface area contributed by atoms with Crippen LogP contribution in [0.2, 0.25) is 0 Å². The highest BCUT2D eigenvalue weighted by Crippen LogP contribution is 2.23. The second-order valence-corrected chi connectivity index (χ2v) is 8.06. The van der Waals surface area contributed by atoms with Gasteiger partial charge >= 0.3 is 0 Å². The predicted octanol–water partition coefficient (Wildman–Crippen LogP) is 4.84. The third-order valence-electron chi connectivity index (χ3n) is 4.80. The molecule has 0 radical (unpaired) electrons. The van der Waals surface area contributed by atoms with Gasteiger partial charge in [0.2, 0.25) is 5.91 Å². The number of benzene rings is 3. The first kappa shape index (κ1) is 21.5. The Morgan fingerprint density at radius 1 is 0.938 bits per heavy atom. The van der Waals surface area contributed by atoms with Gasteiger partial charge < -0.3 is 10.2 Å². The molecule has 3 aromatic rings. The van der Waals surface area contributed by atoms with E-state index in [1.165, 1.54) is 18.7 Å². The Morgan fingerprint density at radius 3 is 2.25 bits per heavy atom. The highest BCUT2D eigenvalue weighted by Gasteiger charge is 2.21. The second-order valence-electron chi connectivity index (χ2n) is 7.12. The number of carbonyl (C=O) groups excluding carboxylic acids is 2. The molecule has 160 valence electrons. The SMILES string of the molecule is CC(=O)c1ccc(NC(=O)CSC2=NC(c3ccccc3)=NCN2c2ccccc2)cc1. The minimum atomic E-state index is -0.148. The first-order valence-electron chi connectivity index (χ1n) is 10.1. The first-order valence-corrected chi connectivity index (χ1v) is 11.1. The summed E-state index contributed by atoms with van der Waals surface area (Å²) in [6.45, 7) is 1.94. The third-order valence-corrected chi connectivity index (χ3v) is 5.78. The number of hydrogen-bond donors (Lipinski definition) is 1. The minimum Gasteiger partial charge on any atom is -0.325 e. The summed E-state index contributed by atoms with van der Waals surface area (Å²) in [6.07, 6.45) is 0. The van der Waals surface area contributed by atoms with Crippen molar-refractivity contribution in [3.05, 3.63) is 96.1 Å². The van der Waals surface area contributed by atoms with E-state index >= 15 is 0 Å². The molecule has 1 N–H and O–H groups in total. The number of anilines is 2. The summed E-state index contributed by atoms with van der Waals surface area (Å²) < 4.78 is 0. The fourth-order valence-electron chi connectivity index (χ4n) is 3.15. The van der Waals surface area contributed by atoms with E-state index < -0.39 is 0 Å². The summed E-state index contributed by atoms with van der Waals surface area (Å²) in [6, 6.07) is 26.6. The molecule has 32 heavy (non-hydrogen) atoms. The maximum Gasteiger partial charge on any atom is 0.234 e. The van der Waals surface area contributed by atoms with Crippen LogP contribution in [0.3, 0.4) is 0 Å². The fourth-order valence-corrected chi connectivity index (χ4v) is 3.96. The maximum atomic E-state index is 12.6. The molecule has 1 aliphatic heterocycles. The van der Waals surface area contributed by atoms with Gasteiger partial charge in [-0.2, -0.15) is 0 Å². The third kappa shape index (κ3) is 5.31. The number of amidine groups is 2. The number of nitrogens with zero attached hydrogens (tertiary/aromatic N) is 3. The summed E-state index contributed by atoms with van der Waals surface area (Å²) in [5, 5.41) is 3.59. The van der Waals surface area contributed by atoms with Gasteiger partial charge in [-0.3, -0.25) is 9.59 Å². The normalized spacial score (nSPS) is 13.2. The predicted molar refractivity (Wildman–Crippen MR) is 132 cm³/mol. The molecule has 1 heterocycles. The number of aliphatic imine (C=N–C) groups is 2. The van der Waals surface area contributed by atoms with Crippen molar-refractivity contribution in [2.24, 2.45) is 9.98 Å². The minimum absolute atomic E-state index is 0.00868. The van der Waals surface area contributed by atoms with Crippen molar-refractivity contribution >= 4 is 45.8 Å². The zero-order valence-electron chi connectivity index (χ0n) is 17.6. The van der Waals surface area contributed by atoms with Gasteiger partial charge in [0.05, 0.1) is 5.75 Å². The molecule has 0 bridgehead atoms. The number of Topliss-reactive ketones (excluding diaryl/α,β-unsaturated/α-hetero) is 1. The van der Waals surface area contributed by atoms with Gasteiger partial charge in [0.1, 0.15) is 6.67 Å². The van der Waals surface area contributed by atoms with Crippen LogP contribution in [0.5, 0.6) is 0 Å². The van der Waals surface area contributed by atoms with E-state index in [9.17, 15) is 9.59 Å². The number of carbonyl (C=O) groups is 2. The summed E-state index contributed by atoms with van der Waals surface area (Å²) in [5.74, 6) is 0.690. The summed E-state index contributed by atoms with van der Waals surface area (Å²) in [7, 11) is 0. The van der Waals surface area contributed by atoms with Crippen LogP contribution >= 0.6 is 11.8 Å². The molecule has 0 unspecified atom stereocenters. The van der Waals surface area contributed by atoms with E-state index in [2.05, 4.69) is 10.3 Å². The van der Waals surface area contributed by atoms with Crippen LogP contribution in [0.25, 0.3) is 0 Å². The van der Waals surface area contributed by atoms with Crippen LogP contribution in [0.4, 0.5) is 11.4 Å². The fraction of sp³-hybridized carbons (Fsp3) is 0.120. The lowest BCUT2D eigenvalue weighted by atomic mass is 10.1. The van der Waals surface area contributed by atoms with E-state index in [-0.39, 0.29) is 17.4 Å².